The topological polar surface area (TPSA) is 136 Å². The fourth-order valence-corrected chi connectivity index (χ4v) is 11.6. The Balaban J connectivity index is 1.34. The van der Waals surface area contributed by atoms with Gasteiger partial charge in [-0.05, 0) is 127 Å². The van der Waals surface area contributed by atoms with Gasteiger partial charge in [0.15, 0.2) is 28.8 Å². The summed E-state index contributed by atoms with van der Waals surface area (Å²) >= 11 is 4.41. The normalized spacial score (nSPS) is 20.8. The van der Waals surface area contributed by atoms with Crippen LogP contribution in [0, 0.1) is 7.14 Å². The zero-order valence-corrected chi connectivity index (χ0v) is 45.1. The first-order valence-corrected chi connectivity index (χ1v) is 30.1. The van der Waals surface area contributed by atoms with Crippen molar-refractivity contribution in [2.45, 2.75) is 153 Å². The van der Waals surface area contributed by atoms with Crippen LogP contribution in [0.25, 0.3) is 0 Å². The van der Waals surface area contributed by atoms with Crippen LogP contribution in [0.4, 0.5) is 0 Å². The van der Waals surface area contributed by atoms with E-state index in [0.717, 1.165) is 40.5 Å². The summed E-state index contributed by atoms with van der Waals surface area (Å²) < 4.78 is 28.5. The van der Waals surface area contributed by atoms with E-state index >= 15 is 0 Å². The number of nitrogens with one attached hydrogen (secondary N) is 2. The molecule has 0 fully saturated rings. The van der Waals surface area contributed by atoms with Crippen LogP contribution in [0.2, 0.25) is 36.3 Å². The van der Waals surface area contributed by atoms with Gasteiger partial charge in [-0.3, -0.25) is 9.59 Å². The Morgan fingerprint density at radius 3 is 1.27 bits per heavy atom. The van der Waals surface area contributed by atoms with Crippen LogP contribution in [0.1, 0.15) is 87.0 Å². The predicted molar refractivity (Wildman–Crippen MR) is 274 cm³/mol. The fraction of sp³-hybridized carbons (Fsp3) is 0.480. The molecule has 6 rings (SSSR count). The van der Waals surface area contributed by atoms with Crippen LogP contribution < -0.4 is 10.6 Å². The van der Waals surface area contributed by atoms with Gasteiger partial charge in [-0.1, -0.05) is 126 Å². The number of rotatable bonds is 17. The van der Waals surface area contributed by atoms with E-state index in [2.05, 4.69) is 124 Å². The number of benzene rings is 4. The molecule has 0 unspecified atom stereocenters. The molecule has 10 nitrogen and oxygen atoms in total. The number of aliphatic hydroxyl groups excluding tert-OH is 2. The lowest BCUT2D eigenvalue weighted by Gasteiger charge is -2.40. The summed E-state index contributed by atoms with van der Waals surface area (Å²) in [7, 11) is -4.62. The van der Waals surface area contributed by atoms with E-state index in [4.69, 9.17) is 18.3 Å². The van der Waals surface area contributed by atoms with E-state index in [-0.39, 0.29) is 35.5 Å². The molecule has 346 valence electrons. The summed E-state index contributed by atoms with van der Waals surface area (Å²) in [4.78, 5) is 29.7. The highest BCUT2D eigenvalue weighted by Gasteiger charge is 2.48. The van der Waals surface area contributed by atoms with Crippen LogP contribution >= 0.6 is 45.2 Å². The summed E-state index contributed by atoms with van der Waals surface area (Å²) in [6.07, 6.45) is -6.58. The maximum absolute atomic E-state index is 14.9. The van der Waals surface area contributed by atoms with E-state index < -0.39 is 64.9 Å². The number of aliphatic hydroxyl groups is 2. The van der Waals surface area contributed by atoms with Gasteiger partial charge in [0.05, 0.1) is 37.5 Å². The maximum atomic E-state index is 14.9. The van der Waals surface area contributed by atoms with Crippen molar-refractivity contribution >= 4 is 73.6 Å². The van der Waals surface area contributed by atoms with Gasteiger partial charge in [-0.25, -0.2) is 0 Å². The number of fused-ring (bicyclic) bond motifs is 2. The minimum atomic E-state index is -2.31. The number of hydrogen-bond donors (Lipinski definition) is 4. The molecule has 0 saturated heterocycles. The second kappa shape index (κ2) is 20.8. The molecule has 2 aliphatic carbocycles. The van der Waals surface area contributed by atoms with E-state index in [9.17, 15) is 19.8 Å². The molecular formula is C50H66I2N2O8Si2. The lowest BCUT2D eigenvalue weighted by molar-refractivity contribution is -0.171. The number of carbonyl (C=O) groups is 2. The molecule has 2 amide bonds. The fourth-order valence-electron chi connectivity index (χ4n) is 7.87. The molecule has 4 aromatic carbocycles. The summed E-state index contributed by atoms with van der Waals surface area (Å²) in [5.41, 5.74) is 5.58. The molecule has 0 aliphatic heterocycles. The molecule has 0 radical (unpaired) electrons. The van der Waals surface area contributed by atoms with Crippen molar-refractivity contribution in [1.29, 1.82) is 0 Å². The number of ether oxygens (including phenoxy) is 2. The Morgan fingerprint density at radius 2 is 0.922 bits per heavy atom. The molecule has 8 atom stereocenters. The van der Waals surface area contributed by atoms with E-state index in [1.807, 2.05) is 97.1 Å². The molecule has 0 bridgehead atoms. The van der Waals surface area contributed by atoms with Crippen molar-refractivity contribution in [3.63, 3.8) is 0 Å². The minimum absolute atomic E-state index is 0.0443. The van der Waals surface area contributed by atoms with Crippen LogP contribution in [-0.4, -0.2) is 75.3 Å². The molecule has 0 heterocycles. The Labute approximate surface area is 409 Å². The zero-order chi connectivity index (χ0) is 46.8. The maximum Gasteiger partial charge on any atom is 0.252 e. The van der Waals surface area contributed by atoms with Gasteiger partial charge in [-0.2, -0.15) is 0 Å². The Bertz CT molecular complexity index is 2110. The van der Waals surface area contributed by atoms with E-state index in [1.165, 1.54) is 0 Å². The molecule has 4 N–H and O–H groups in total. The summed E-state index contributed by atoms with van der Waals surface area (Å²) in [5.74, 6) is -1.29. The average Bonchev–Trinajstić information content (AvgIpc) is 3.73. The van der Waals surface area contributed by atoms with Gasteiger partial charge in [0.25, 0.3) is 11.8 Å². The van der Waals surface area contributed by atoms with E-state index in [0.29, 0.717) is 12.8 Å². The first kappa shape index (κ1) is 50.9. The molecule has 4 aromatic rings. The second-order valence-corrected chi connectivity index (χ2v) is 32.1. The number of carbonyl (C=O) groups excluding carboxylic acids is 2. The SMILES string of the molecule is CC(C)(C)[Si](C)(C)O[C@@H]1Cc2ccccc2[C@@H]1NC(=O)[C@H](OCc1ccccc1I)[C@H](O)[C@@H](O)[C@@H](OCc1ccccc1I)C(=O)N[C@H]1c2ccccc2C[C@H]1O[Si](C)(C)C(C)(C)C. The molecule has 0 aromatic heterocycles. The molecule has 2 aliphatic rings. The average molecular weight is 1130 g/mol. The lowest BCUT2D eigenvalue weighted by atomic mass is 9.99. The standard InChI is InChI=1S/C50H66I2N2O8Si2/c1-49(2,3)63(7,8)61-39-27-31-19-11-15-23-35(31)41(39)53-47(57)45(59-29-33-21-13-17-25-37(33)51)43(55)44(56)46(60-30-34-22-14-18-26-38(34)52)48(58)54-42-36-24-16-12-20-32(36)28-40(42)62-64(9,10)50(4,5)6/h11-26,39-46,55-56H,27-30H2,1-10H3,(H,53,57)(H,54,58)/t39-,40-,41+,42+,43-,44-,45-,46-/m1/s1. The third-order valence-corrected chi connectivity index (χ3v) is 24.8. The van der Waals surface area contributed by atoms with Crippen molar-refractivity contribution in [2.75, 3.05) is 0 Å². The van der Waals surface area contributed by atoms with Crippen LogP contribution in [0.5, 0.6) is 0 Å². The third kappa shape index (κ3) is 11.8. The molecule has 0 spiro atoms. The quantitative estimate of drug-likeness (QED) is 0.0607. The largest absolute Gasteiger partial charge is 0.411 e. The van der Waals surface area contributed by atoms with Crippen molar-refractivity contribution < 1.29 is 38.1 Å². The van der Waals surface area contributed by atoms with Gasteiger partial charge < -0.3 is 39.2 Å². The Kier molecular flexibility index (Phi) is 16.5. The van der Waals surface area contributed by atoms with Gasteiger partial charge in [0.2, 0.25) is 0 Å². The number of amides is 2. The summed E-state index contributed by atoms with van der Waals surface area (Å²) in [6.45, 7) is 21.8. The van der Waals surface area contributed by atoms with Gasteiger partial charge in [0, 0.05) is 20.0 Å². The number of hydrogen-bond acceptors (Lipinski definition) is 8. The Morgan fingerprint density at radius 1 is 0.594 bits per heavy atom. The summed E-state index contributed by atoms with van der Waals surface area (Å²) in [5, 5.41) is 31.0. The van der Waals surface area contributed by atoms with Gasteiger partial charge >= 0.3 is 0 Å². The van der Waals surface area contributed by atoms with Gasteiger partial charge in [-0.15, -0.1) is 0 Å². The number of halogens is 2. The second-order valence-electron chi connectivity index (χ2n) is 20.2. The summed E-state index contributed by atoms with van der Waals surface area (Å²) in [6, 6.07) is 30.0. The highest BCUT2D eigenvalue weighted by atomic mass is 127. The van der Waals surface area contributed by atoms with E-state index in [1.54, 1.807) is 0 Å². The first-order valence-electron chi connectivity index (χ1n) is 22.2. The highest BCUT2D eigenvalue weighted by molar-refractivity contribution is 14.1. The highest BCUT2D eigenvalue weighted by Crippen LogP contribution is 2.44. The van der Waals surface area contributed by atoms with Crippen LogP contribution in [0.3, 0.4) is 0 Å². The lowest BCUT2D eigenvalue weighted by Crippen LogP contribution is -2.57. The van der Waals surface area contributed by atoms with Crippen LogP contribution in [0.15, 0.2) is 97.1 Å². The van der Waals surface area contributed by atoms with Gasteiger partial charge in [0.1, 0.15) is 12.2 Å². The Hall–Kier alpha value is -2.53. The van der Waals surface area contributed by atoms with Crippen molar-refractivity contribution in [1.82, 2.24) is 10.6 Å². The smallest absolute Gasteiger partial charge is 0.252 e. The zero-order valence-electron chi connectivity index (χ0n) is 38.8. The van der Waals surface area contributed by atoms with Crippen molar-refractivity contribution in [3.8, 4) is 0 Å². The molecule has 0 saturated carbocycles. The first-order chi connectivity index (χ1) is 30.0. The molecule has 14 heteroatoms. The molecular weight excluding hydrogens is 1070 g/mol. The third-order valence-electron chi connectivity index (χ3n) is 13.7. The van der Waals surface area contributed by atoms with Crippen LogP contribution in [-0.2, 0) is 54.0 Å². The predicted octanol–water partition coefficient (Wildman–Crippen LogP) is 9.70. The van der Waals surface area contributed by atoms with Crippen molar-refractivity contribution in [3.05, 3.63) is 138 Å². The monoisotopic (exact) mass is 1130 g/mol. The minimum Gasteiger partial charge on any atom is -0.411 e. The van der Waals surface area contributed by atoms with Crippen molar-refractivity contribution in [2.24, 2.45) is 0 Å². The molecule has 64 heavy (non-hydrogen) atoms.